The fourth-order valence-corrected chi connectivity index (χ4v) is 3.12. The first-order valence-corrected chi connectivity index (χ1v) is 9.73. The van der Waals surface area contributed by atoms with E-state index in [4.69, 9.17) is 19.9 Å². The second kappa shape index (κ2) is 8.60. The number of hydrogen-bond acceptors (Lipinski definition) is 7. The molecule has 0 saturated heterocycles. The van der Waals surface area contributed by atoms with E-state index in [2.05, 4.69) is 15.3 Å². The molecule has 1 aromatic heterocycles. The average Bonchev–Trinajstić information content (AvgIpc) is 2.70. The number of anilines is 2. The van der Waals surface area contributed by atoms with Crippen LogP contribution < -0.4 is 25.3 Å². The first-order chi connectivity index (χ1) is 14.9. The number of rotatable bonds is 6. The smallest absolute Gasteiger partial charge is 0.416 e. The van der Waals surface area contributed by atoms with Crippen LogP contribution in [0.2, 0.25) is 0 Å². The lowest BCUT2D eigenvalue weighted by atomic mass is 10.1. The minimum Gasteiger partial charge on any atom is -0.493 e. The Bertz CT molecular complexity index is 1130. The Kier molecular flexibility index (Phi) is 6.25. The predicted molar refractivity (Wildman–Crippen MR) is 116 cm³/mol. The van der Waals surface area contributed by atoms with Crippen molar-refractivity contribution in [3.63, 3.8) is 0 Å². The Labute approximate surface area is 183 Å². The van der Waals surface area contributed by atoms with Crippen molar-refractivity contribution >= 4 is 22.7 Å². The van der Waals surface area contributed by atoms with Crippen LogP contribution in [-0.4, -0.2) is 29.8 Å². The second-order valence-electron chi connectivity index (χ2n) is 8.04. The first kappa shape index (κ1) is 23.2. The molecule has 2 aromatic carbocycles. The van der Waals surface area contributed by atoms with Gasteiger partial charge in [0, 0.05) is 18.0 Å². The molecule has 3 rings (SSSR count). The zero-order valence-electron chi connectivity index (χ0n) is 18.4. The van der Waals surface area contributed by atoms with Crippen LogP contribution in [0.3, 0.4) is 0 Å². The minimum absolute atomic E-state index is 0.0216. The van der Waals surface area contributed by atoms with E-state index in [0.717, 1.165) is 6.07 Å². The van der Waals surface area contributed by atoms with Gasteiger partial charge in [-0.25, -0.2) is 4.98 Å². The molecule has 0 saturated carbocycles. The van der Waals surface area contributed by atoms with Gasteiger partial charge < -0.3 is 25.3 Å². The normalized spacial score (nSPS) is 12.0. The van der Waals surface area contributed by atoms with Gasteiger partial charge in [0.1, 0.15) is 17.2 Å². The first-order valence-electron chi connectivity index (χ1n) is 9.73. The molecule has 3 aromatic rings. The van der Waals surface area contributed by atoms with Gasteiger partial charge in [-0.15, -0.1) is 0 Å². The summed E-state index contributed by atoms with van der Waals surface area (Å²) in [5.74, 6) is 1.29. The van der Waals surface area contributed by atoms with Crippen molar-refractivity contribution in [2.45, 2.75) is 39.1 Å². The van der Waals surface area contributed by atoms with E-state index < -0.39 is 17.3 Å². The lowest BCUT2D eigenvalue weighted by Crippen LogP contribution is -2.23. The number of halogens is 3. The van der Waals surface area contributed by atoms with Crippen molar-refractivity contribution in [1.82, 2.24) is 9.97 Å². The average molecular weight is 450 g/mol. The molecule has 0 atom stereocenters. The zero-order valence-corrected chi connectivity index (χ0v) is 18.4. The maximum atomic E-state index is 13.7. The summed E-state index contributed by atoms with van der Waals surface area (Å²) in [7, 11) is 2.98. The van der Waals surface area contributed by atoms with Crippen LogP contribution in [0.15, 0.2) is 30.3 Å². The molecule has 3 N–H and O–H groups in total. The van der Waals surface area contributed by atoms with Gasteiger partial charge in [-0.2, -0.15) is 18.2 Å². The van der Waals surface area contributed by atoms with E-state index in [1.807, 2.05) is 0 Å². The van der Waals surface area contributed by atoms with Gasteiger partial charge in [0.25, 0.3) is 0 Å². The third-order valence-electron chi connectivity index (χ3n) is 4.48. The minimum atomic E-state index is -4.55. The number of benzene rings is 2. The van der Waals surface area contributed by atoms with Crippen molar-refractivity contribution in [3.05, 3.63) is 41.5 Å². The van der Waals surface area contributed by atoms with Crippen LogP contribution in [0.1, 0.15) is 31.9 Å². The Hall–Kier alpha value is -3.43. The van der Waals surface area contributed by atoms with E-state index in [-0.39, 0.29) is 29.6 Å². The topological polar surface area (TPSA) is 91.5 Å². The molecule has 172 valence electrons. The molecule has 7 nitrogen and oxygen atoms in total. The van der Waals surface area contributed by atoms with Gasteiger partial charge in [-0.05, 0) is 44.5 Å². The summed E-state index contributed by atoms with van der Waals surface area (Å²) >= 11 is 0. The predicted octanol–water partition coefficient (Wildman–Crippen LogP) is 5.04. The number of ether oxygens (including phenoxy) is 3. The van der Waals surface area contributed by atoms with Crippen molar-refractivity contribution in [2.24, 2.45) is 0 Å². The van der Waals surface area contributed by atoms with Crippen molar-refractivity contribution in [3.8, 4) is 17.2 Å². The fraction of sp³-hybridized carbons (Fsp3) is 0.364. The number of nitrogens with zero attached hydrogens (tertiary/aromatic N) is 2. The monoisotopic (exact) mass is 450 g/mol. The molecule has 0 spiro atoms. The lowest BCUT2D eigenvalue weighted by molar-refractivity contribution is -0.138. The number of nitrogens with one attached hydrogen (secondary N) is 1. The number of methoxy groups -OCH3 is 2. The molecule has 32 heavy (non-hydrogen) atoms. The van der Waals surface area contributed by atoms with Gasteiger partial charge in [-0.3, -0.25) is 0 Å². The molecular weight excluding hydrogens is 425 g/mol. The summed E-state index contributed by atoms with van der Waals surface area (Å²) in [6.45, 7) is 5.13. The Morgan fingerprint density at radius 2 is 1.62 bits per heavy atom. The summed E-state index contributed by atoms with van der Waals surface area (Å²) < 4.78 is 57.1. The largest absolute Gasteiger partial charge is 0.493 e. The third kappa shape index (κ3) is 5.24. The van der Waals surface area contributed by atoms with Gasteiger partial charge in [0.15, 0.2) is 11.5 Å². The van der Waals surface area contributed by atoms with Crippen LogP contribution >= 0.6 is 0 Å². The van der Waals surface area contributed by atoms with Crippen LogP contribution in [-0.2, 0) is 12.7 Å². The van der Waals surface area contributed by atoms with Crippen LogP contribution in [0.25, 0.3) is 10.9 Å². The van der Waals surface area contributed by atoms with E-state index in [0.29, 0.717) is 22.4 Å². The Morgan fingerprint density at radius 3 is 2.22 bits per heavy atom. The molecule has 0 amide bonds. The van der Waals surface area contributed by atoms with E-state index in [1.165, 1.54) is 26.4 Å². The highest BCUT2D eigenvalue weighted by Gasteiger charge is 2.34. The molecule has 0 aliphatic rings. The molecule has 0 unspecified atom stereocenters. The van der Waals surface area contributed by atoms with Crippen LogP contribution in [0.5, 0.6) is 17.2 Å². The zero-order chi connectivity index (χ0) is 23.7. The summed E-state index contributed by atoms with van der Waals surface area (Å²) in [6.07, 6.45) is -4.55. The molecule has 10 heteroatoms. The molecule has 0 aliphatic carbocycles. The summed E-state index contributed by atoms with van der Waals surface area (Å²) in [5, 5.41) is 3.36. The number of fused-ring (bicyclic) bond motifs is 1. The number of alkyl halides is 3. The van der Waals surface area contributed by atoms with Crippen molar-refractivity contribution in [1.29, 1.82) is 0 Å². The summed E-state index contributed by atoms with van der Waals surface area (Å²) in [5.41, 5.74) is 5.10. The number of aromatic nitrogens is 2. The van der Waals surface area contributed by atoms with E-state index in [1.54, 1.807) is 32.9 Å². The summed E-state index contributed by atoms with van der Waals surface area (Å²) in [4.78, 5) is 8.51. The Balaban J connectivity index is 1.91. The van der Waals surface area contributed by atoms with Gasteiger partial charge in [0.2, 0.25) is 5.95 Å². The second-order valence-corrected chi connectivity index (χ2v) is 8.04. The molecule has 0 aliphatic heterocycles. The third-order valence-corrected chi connectivity index (χ3v) is 4.48. The highest BCUT2D eigenvalue weighted by molar-refractivity contribution is 5.91. The van der Waals surface area contributed by atoms with Gasteiger partial charge in [0.05, 0.1) is 25.3 Å². The quantitative estimate of drug-likeness (QED) is 0.544. The van der Waals surface area contributed by atoms with Crippen LogP contribution in [0.4, 0.5) is 24.9 Å². The van der Waals surface area contributed by atoms with Gasteiger partial charge in [-0.1, -0.05) is 6.07 Å². The van der Waals surface area contributed by atoms with Gasteiger partial charge >= 0.3 is 6.18 Å². The highest BCUT2D eigenvalue weighted by Crippen LogP contribution is 2.36. The molecule has 0 bridgehead atoms. The van der Waals surface area contributed by atoms with Crippen molar-refractivity contribution in [2.75, 3.05) is 25.3 Å². The van der Waals surface area contributed by atoms with Crippen LogP contribution in [0, 0.1) is 0 Å². The highest BCUT2D eigenvalue weighted by atomic mass is 19.4. The number of nitrogen functional groups attached to an aromatic ring is 1. The molecular formula is C22H25F3N4O3. The maximum Gasteiger partial charge on any atom is 0.416 e. The maximum absolute atomic E-state index is 13.7. The summed E-state index contributed by atoms with van der Waals surface area (Å²) in [6, 6.07) is 7.13. The standard InChI is InChI=1S/C22H25F3N4O3/c1-21(2,3)32-13-7-6-12(15(8-13)22(23,24)25)11-27-20-28-16-10-18(31-5)17(30-4)9-14(16)19(26)29-20/h6-10H,11H2,1-5H3,(H3,26,27,28,29). The molecule has 1 heterocycles. The SMILES string of the molecule is COc1cc2nc(NCc3ccc(OC(C)(C)C)cc3C(F)(F)F)nc(N)c2cc1OC. The lowest BCUT2D eigenvalue weighted by Gasteiger charge is -2.23. The van der Waals surface area contributed by atoms with E-state index >= 15 is 0 Å². The number of hydrogen-bond donors (Lipinski definition) is 2. The fourth-order valence-electron chi connectivity index (χ4n) is 3.12. The number of nitrogens with two attached hydrogens (primary N) is 1. The molecule has 0 fully saturated rings. The van der Waals surface area contributed by atoms with E-state index in [9.17, 15) is 13.2 Å². The Morgan fingerprint density at radius 1 is 0.969 bits per heavy atom. The van der Waals surface area contributed by atoms with Crippen molar-refractivity contribution < 1.29 is 27.4 Å². The molecule has 0 radical (unpaired) electrons.